The van der Waals surface area contributed by atoms with E-state index in [1.165, 1.54) is 12.8 Å². The first-order valence-electron chi connectivity index (χ1n) is 7.33. The Morgan fingerprint density at radius 2 is 2.29 bits per heavy atom. The fourth-order valence-electron chi connectivity index (χ4n) is 2.75. The molecule has 1 aromatic rings. The second kappa shape index (κ2) is 8.62. The van der Waals surface area contributed by atoms with Gasteiger partial charge < -0.3 is 10.6 Å². The van der Waals surface area contributed by atoms with E-state index in [1.807, 2.05) is 25.1 Å². The van der Waals surface area contributed by atoms with Crippen LogP contribution in [0.2, 0.25) is 5.02 Å². The van der Waals surface area contributed by atoms with E-state index in [9.17, 15) is 4.79 Å². The molecule has 0 radical (unpaired) electrons. The smallest absolute Gasteiger partial charge is 0.224 e. The monoisotopic (exact) mass is 330 g/mol. The molecule has 118 valence electrons. The summed E-state index contributed by atoms with van der Waals surface area (Å²) in [6.07, 6.45) is 2.98. The number of piperidine rings is 1. The quantitative estimate of drug-likeness (QED) is 0.874. The van der Waals surface area contributed by atoms with Crippen molar-refractivity contribution in [2.75, 3.05) is 18.4 Å². The highest BCUT2D eigenvalue weighted by Crippen LogP contribution is 2.25. The molecule has 1 aliphatic rings. The Labute approximate surface area is 138 Å². The lowest BCUT2D eigenvalue weighted by molar-refractivity contribution is -0.117. The van der Waals surface area contributed by atoms with Crippen molar-refractivity contribution in [2.24, 2.45) is 11.8 Å². The number of carbonyl (C=O) groups is 1. The largest absolute Gasteiger partial charge is 0.325 e. The van der Waals surface area contributed by atoms with Gasteiger partial charge >= 0.3 is 0 Å². The third kappa shape index (κ3) is 5.50. The Kier molecular flexibility index (Phi) is 7.50. The molecule has 0 spiro atoms. The Morgan fingerprint density at radius 1 is 1.52 bits per heavy atom. The van der Waals surface area contributed by atoms with E-state index in [0.29, 0.717) is 29.0 Å². The molecule has 1 aromatic carbocycles. The molecule has 21 heavy (non-hydrogen) atoms. The number of halogens is 2. The fraction of sp³-hybridized carbons (Fsp3) is 0.562. The lowest BCUT2D eigenvalue weighted by Gasteiger charge is -2.28. The summed E-state index contributed by atoms with van der Waals surface area (Å²) < 4.78 is 0. The molecule has 1 fully saturated rings. The zero-order valence-electron chi connectivity index (χ0n) is 12.6. The number of carbonyl (C=O) groups excluding carboxylic acids is 1. The van der Waals surface area contributed by atoms with Crippen LogP contribution in [0.4, 0.5) is 5.69 Å². The number of benzene rings is 1. The van der Waals surface area contributed by atoms with Crippen molar-refractivity contribution >= 4 is 35.6 Å². The molecule has 0 bridgehead atoms. The summed E-state index contributed by atoms with van der Waals surface area (Å²) in [4.78, 5) is 12.1. The van der Waals surface area contributed by atoms with E-state index in [1.54, 1.807) is 0 Å². The van der Waals surface area contributed by atoms with Crippen LogP contribution in [0.25, 0.3) is 0 Å². The summed E-state index contributed by atoms with van der Waals surface area (Å²) in [5.74, 6) is 1.05. The summed E-state index contributed by atoms with van der Waals surface area (Å²) in [5, 5.41) is 6.92. The highest BCUT2D eigenvalue weighted by molar-refractivity contribution is 6.33. The lowest BCUT2D eigenvalue weighted by Crippen LogP contribution is -2.34. The van der Waals surface area contributed by atoms with Crippen LogP contribution < -0.4 is 10.6 Å². The molecule has 0 aliphatic carbocycles. The molecule has 5 heteroatoms. The SMILES string of the molecule is Cc1ccc(NC(=O)CC(C)C2CCCNC2)c(Cl)c1.Cl. The molecule has 3 nitrogen and oxygen atoms in total. The van der Waals surface area contributed by atoms with Gasteiger partial charge in [0.1, 0.15) is 0 Å². The highest BCUT2D eigenvalue weighted by atomic mass is 35.5. The van der Waals surface area contributed by atoms with Gasteiger partial charge in [0.05, 0.1) is 10.7 Å². The Balaban J connectivity index is 0.00000220. The standard InChI is InChI=1S/C16H23ClN2O.ClH/c1-11-5-6-15(14(17)8-11)19-16(20)9-12(2)13-4-3-7-18-10-13;/h5-6,8,12-13,18H,3-4,7,9-10H2,1-2H3,(H,19,20);1H. The average Bonchev–Trinajstić information content (AvgIpc) is 2.43. The van der Waals surface area contributed by atoms with E-state index in [0.717, 1.165) is 18.7 Å². The third-order valence-electron chi connectivity index (χ3n) is 4.05. The van der Waals surface area contributed by atoms with Crippen LogP contribution in [-0.4, -0.2) is 19.0 Å². The lowest BCUT2D eigenvalue weighted by atomic mass is 9.85. The van der Waals surface area contributed by atoms with E-state index < -0.39 is 0 Å². The van der Waals surface area contributed by atoms with Gasteiger partial charge in [-0.2, -0.15) is 0 Å². The first kappa shape index (κ1) is 18.3. The Hall–Kier alpha value is -0.770. The van der Waals surface area contributed by atoms with Crippen LogP contribution in [0.15, 0.2) is 18.2 Å². The summed E-state index contributed by atoms with van der Waals surface area (Å²) in [5.41, 5.74) is 1.80. The zero-order chi connectivity index (χ0) is 14.5. The van der Waals surface area contributed by atoms with Gasteiger partial charge in [-0.15, -0.1) is 12.4 Å². The van der Waals surface area contributed by atoms with Crippen LogP contribution in [0.1, 0.15) is 31.7 Å². The van der Waals surface area contributed by atoms with Crippen molar-refractivity contribution in [1.29, 1.82) is 0 Å². The molecule has 2 rings (SSSR count). The van der Waals surface area contributed by atoms with Gasteiger partial charge in [0, 0.05) is 6.42 Å². The number of amides is 1. The van der Waals surface area contributed by atoms with Crippen molar-refractivity contribution in [3.63, 3.8) is 0 Å². The van der Waals surface area contributed by atoms with Gasteiger partial charge in [-0.05, 0) is 62.4 Å². The summed E-state index contributed by atoms with van der Waals surface area (Å²) in [6, 6.07) is 5.68. The predicted molar refractivity (Wildman–Crippen MR) is 91.4 cm³/mol. The summed E-state index contributed by atoms with van der Waals surface area (Å²) >= 11 is 6.13. The highest BCUT2D eigenvalue weighted by Gasteiger charge is 2.22. The van der Waals surface area contributed by atoms with Crippen molar-refractivity contribution in [3.8, 4) is 0 Å². The van der Waals surface area contributed by atoms with Crippen LogP contribution >= 0.6 is 24.0 Å². The molecule has 0 aromatic heterocycles. The van der Waals surface area contributed by atoms with E-state index >= 15 is 0 Å². The molecule has 1 saturated heterocycles. The van der Waals surface area contributed by atoms with Gasteiger partial charge in [0.2, 0.25) is 5.91 Å². The van der Waals surface area contributed by atoms with Crippen molar-refractivity contribution in [1.82, 2.24) is 5.32 Å². The van der Waals surface area contributed by atoms with Gasteiger partial charge in [-0.1, -0.05) is 24.6 Å². The van der Waals surface area contributed by atoms with Crippen molar-refractivity contribution in [2.45, 2.75) is 33.1 Å². The minimum atomic E-state index is 0. The van der Waals surface area contributed by atoms with Gasteiger partial charge in [0.25, 0.3) is 0 Å². The number of rotatable bonds is 4. The normalized spacial score (nSPS) is 19.5. The number of nitrogens with one attached hydrogen (secondary N) is 2. The van der Waals surface area contributed by atoms with Crippen LogP contribution in [0, 0.1) is 18.8 Å². The van der Waals surface area contributed by atoms with Crippen LogP contribution in [0.3, 0.4) is 0 Å². The second-order valence-electron chi connectivity index (χ2n) is 5.82. The van der Waals surface area contributed by atoms with E-state index in [2.05, 4.69) is 17.6 Å². The Bertz CT molecular complexity index is 473. The maximum absolute atomic E-state index is 12.1. The van der Waals surface area contributed by atoms with Crippen molar-refractivity contribution in [3.05, 3.63) is 28.8 Å². The number of hydrogen-bond donors (Lipinski definition) is 2. The van der Waals surface area contributed by atoms with Gasteiger partial charge in [-0.3, -0.25) is 4.79 Å². The maximum atomic E-state index is 12.1. The van der Waals surface area contributed by atoms with Crippen LogP contribution in [-0.2, 0) is 4.79 Å². The van der Waals surface area contributed by atoms with Crippen molar-refractivity contribution < 1.29 is 4.79 Å². The molecular weight excluding hydrogens is 307 g/mol. The third-order valence-corrected chi connectivity index (χ3v) is 4.36. The zero-order valence-corrected chi connectivity index (χ0v) is 14.2. The average molecular weight is 331 g/mol. The topological polar surface area (TPSA) is 41.1 Å². The summed E-state index contributed by atoms with van der Waals surface area (Å²) in [6.45, 7) is 6.28. The molecule has 1 aliphatic heterocycles. The number of hydrogen-bond acceptors (Lipinski definition) is 2. The Morgan fingerprint density at radius 3 is 2.90 bits per heavy atom. The fourth-order valence-corrected chi connectivity index (χ4v) is 3.03. The molecule has 2 unspecified atom stereocenters. The first-order chi connectivity index (χ1) is 9.56. The minimum absolute atomic E-state index is 0. The maximum Gasteiger partial charge on any atom is 0.224 e. The van der Waals surface area contributed by atoms with E-state index in [-0.39, 0.29) is 18.3 Å². The molecular formula is C16H24Cl2N2O. The molecule has 0 saturated carbocycles. The first-order valence-corrected chi connectivity index (χ1v) is 7.71. The van der Waals surface area contributed by atoms with Gasteiger partial charge in [0.15, 0.2) is 0 Å². The molecule has 1 amide bonds. The van der Waals surface area contributed by atoms with E-state index in [4.69, 9.17) is 11.6 Å². The minimum Gasteiger partial charge on any atom is -0.325 e. The molecule has 1 heterocycles. The summed E-state index contributed by atoms with van der Waals surface area (Å²) in [7, 11) is 0. The molecule has 2 N–H and O–H groups in total. The second-order valence-corrected chi connectivity index (χ2v) is 6.23. The number of aryl methyl sites for hydroxylation is 1. The predicted octanol–water partition coefficient (Wildman–Crippen LogP) is 4.03. The van der Waals surface area contributed by atoms with Gasteiger partial charge in [-0.25, -0.2) is 0 Å². The van der Waals surface area contributed by atoms with Crippen LogP contribution in [0.5, 0.6) is 0 Å². The molecule has 2 atom stereocenters. The number of anilines is 1.